The van der Waals surface area contributed by atoms with E-state index in [0.29, 0.717) is 17.7 Å². The van der Waals surface area contributed by atoms with Gasteiger partial charge in [0.25, 0.3) is 5.91 Å². The quantitative estimate of drug-likeness (QED) is 0.615. The molecule has 1 rings (SSSR count). The third-order valence-corrected chi connectivity index (χ3v) is 2.65. The maximum atomic E-state index is 12.0. The largest absolute Gasteiger partial charge is 0.398 e. The Bertz CT molecular complexity index is 446. The van der Waals surface area contributed by atoms with Crippen molar-refractivity contribution in [2.24, 2.45) is 0 Å². The Morgan fingerprint density at radius 2 is 2.29 bits per heavy atom. The standard InChI is InChI=1S/C14H18N2O/c1-4-6-11(5-2)16-14(17)12-9-10(3)7-8-13(12)15/h1,7-9,11H,5-6,15H2,2-3H3,(H,16,17). The highest BCUT2D eigenvalue weighted by Gasteiger charge is 2.13. The molecule has 0 aliphatic heterocycles. The number of hydrogen-bond donors (Lipinski definition) is 2. The third-order valence-electron chi connectivity index (χ3n) is 2.65. The molecule has 0 radical (unpaired) electrons. The molecule has 1 aromatic carbocycles. The predicted octanol–water partition coefficient (Wildman–Crippen LogP) is 2.11. The van der Waals surface area contributed by atoms with E-state index >= 15 is 0 Å². The number of carbonyl (C=O) groups excluding carboxylic acids is 1. The Balaban J connectivity index is 2.82. The number of nitrogen functional groups attached to an aromatic ring is 1. The van der Waals surface area contributed by atoms with Gasteiger partial charge >= 0.3 is 0 Å². The molecule has 3 nitrogen and oxygen atoms in total. The predicted molar refractivity (Wildman–Crippen MR) is 70.6 cm³/mol. The van der Waals surface area contributed by atoms with E-state index in [1.54, 1.807) is 12.1 Å². The van der Waals surface area contributed by atoms with Crippen molar-refractivity contribution in [3.63, 3.8) is 0 Å². The van der Waals surface area contributed by atoms with Crippen LogP contribution in [0.5, 0.6) is 0 Å². The average molecular weight is 230 g/mol. The van der Waals surface area contributed by atoms with E-state index in [9.17, 15) is 4.79 Å². The summed E-state index contributed by atoms with van der Waals surface area (Å²) in [7, 11) is 0. The van der Waals surface area contributed by atoms with Crippen molar-refractivity contribution in [2.45, 2.75) is 32.7 Å². The van der Waals surface area contributed by atoms with Crippen molar-refractivity contribution < 1.29 is 4.79 Å². The molecule has 17 heavy (non-hydrogen) atoms. The van der Waals surface area contributed by atoms with E-state index in [4.69, 9.17) is 12.2 Å². The summed E-state index contributed by atoms with van der Waals surface area (Å²) in [6.45, 7) is 3.91. The highest BCUT2D eigenvalue weighted by Crippen LogP contribution is 2.14. The molecule has 0 fully saturated rings. The van der Waals surface area contributed by atoms with Crippen LogP contribution in [-0.2, 0) is 0 Å². The molecule has 1 unspecified atom stereocenters. The van der Waals surface area contributed by atoms with Gasteiger partial charge in [0.05, 0.1) is 5.56 Å². The first-order valence-corrected chi connectivity index (χ1v) is 5.69. The molecule has 0 bridgehead atoms. The smallest absolute Gasteiger partial charge is 0.253 e. The fraction of sp³-hybridized carbons (Fsp3) is 0.357. The van der Waals surface area contributed by atoms with E-state index < -0.39 is 0 Å². The summed E-state index contributed by atoms with van der Waals surface area (Å²) in [6.07, 6.45) is 6.59. The molecular formula is C14H18N2O. The van der Waals surface area contributed by atoms with Gasteiger partial charge in [0.15, 0.2) is 0 Å². The van der Waals surface area contributed by atoms with Crippen LogP contribution in [0.4, 0.5) is 5.69 Å². The van der Waals surface area contributed by atoms with Gasteiger partial charge in [-0.05, 0) is 25.5 Å². The van der Waals surface area contributed by atoms with Crippen LogP contribution in [0.1, 0.15) is 35.7 Å². The molecule has 1 atom stereocenters. The van der Waals surface area contributed by atoms with Gasteiger partial charge in [0.2, 0.25) is 0 Å². The Hall–Kier alpha value is -1.95. The first-order chi connectivity index (χ1) is 8.08. The number of carbonyl (C=O) groups is 1. The van der Waals surface area contributed by atoms with Crippen molar-refractivity contribution >= 4 is 11.6 Å². The summed E-state index contributed by atoms with van der Waals surface area (Å²) < 4.78 is 0. The Labute approximate surface area is 102 Å². The number of rotatable bonds is 4. The molecule has 0 aliphatic rings. The molecule has 0 saturated heterocycles. The zero-order valence-electron chi connectivity index (χ0n) is 10.3. The van der Waals surface area contributed by atoms with Gasteiger partial charge in [0, 0.05) is 18.2 Å². The zero-order chi connectivity index (χ0) is 12.8. The first kappa shape index (κ1) is 13.1. The molecule has 90 valence electrons. The molecule has 0 heterocycles. The van der Waals surface area contributed by atoms with Gasteiger partial charge in [0.1, 0.15) is 0 Å². The summed E-state index contributed by atoms with van der Waals surface area (Å²) in [4.78, 5) is 12.0. The number of amides is 1. The van der Waals surface area contributed by atoms with Crippen LogP contribution < -0.4 is 11.1 Å². The van der Waals surface area contributed by atoms with Gasteiger partial charge < -0.3 is 11.1 Å². The maximum Gasteiger partial charge on any atom is 0.253 e. The van der Waals surface area contributed by atoms with Gasteiger partial charge in [-0.3, -0.25) is 4.79 Å². The lowest BCUT2D eigenvalue weighted by atomic mass is 10.1. The maximum absolute atomic E-state index is 12.0. The van der Waals surface area contributed by atoms with E-state index in [2.05, 4.69) is 11.2 Å². The fourth-order valence-electron chi connectivity index (χ4n) is 1.57. The molecule has 0 aromatic heterocycles. The molecular weight excluding hydrogens is 212 g/mol. The second-order valence-corrected chi connectivity index (χ2v) is 4.08. The van der Waals surface area contributed by atoms with Crippen LogP contribution >= 0.6 is 0 Å². The molecule has 3 N–H and O–H groups in total. The van der Waals surface area contributed by atoms with Crippen molar-refractivity contribution in [1.29, 1.82) is 0 Å². The van der Waals surface area contributed by atoms with E-state index in [-0.39, 0.29) is 11.9 Å². The minimum Gasteiger partial charge on any atom is -0.398 e. The molecule has 3 heteroatoms. The van der Waals surface area contributed by atoms with Crippen LogP contribution in [0.2, 0.25) is 0 Å². The third kappa shape index (κ3) is 3.53. The van der Waals surface area contributed by atoms with Crippen LogP contribution in [0.25, 0.3) is 0 Å². The minimum absolute atomic E-state index is 0.00686. The number of anilines is 1. The second-order valence-electron chi connectivity index (χ2n) is 4.08. The van der Waals surface area contributed by atoms with Gasteiger partial charge in [-0.2, -0.15) is 0 Å². The van der Waals surface area contributed by atoms with Crippen molar-refractivity contribution in [1.82, 2.24) is 5.32 Å². The highest BCUT2D eigenvalue weighted by molar-refractivity contribution is 5.99. The summed E-state index contributed by atoms with van der Waals surface area (Å²) in [6, 6.07) is 5.41. The number of hydrogen-bond acceptors (Lipinski definition) is 2. The number of nitrogens with one attached hydrogen (secondary N) is 1. The monoisotopic (exact) mass is 230 g/mol. The Morgan fingerprint density at radius 1 is 1.59 bits per heavy atom. The highest BCUT2D eigenvalue weighted by atomic mass is 16.1. The van der Waals surface area contributed by atoms with Crippen LogP contribution in [0.15, 0.2) is 18.2 Å². The van der Waals surface area contributed by atoms with E-state index in [0.717, 1.165) is 12.0 Å². The van der Waals surface area contributed by atoms with Crippen molar-refractivity contribution in [3.05, 3.63) is 29.3 Å². The first-order valence-electron chi connectivity index (χ1n) is 5.69. The Morgan fingerprint density at radius 3 is 2.88 bits per heavy atom. The number of aryl methyl sites for hydroxylation is 1. The summed E-state index contributed by atoms with van der Waals surface area (Å²) >= 11 is 0. The van der Waals surface area contributed by atoms with Crippen LogP contribution in [0, 0.1) is 19.3 Å². The van der Waals surface area contributed by atoms with Gasteiger partial charge in [-0.1, -0.05) is 18.6 Å². The number of terminal acetylenes is 1. The van der Waals surface area contributed by atoms with Gasteiger partial charge in [-0.15, -0.1) is 12.3 Å². The van der Waals surface area contributed by atoms with Crippen LogP contribution in [-0.4, -0.2) is 11.9 Å². The van der Waals surface area contributed by atoms with Crippen molar-refractivity contribution in [3.8, 4) is 12.3 Å². The summed E-state index contributed by atoms with van der Waals surface area (Å²) in [5, 5.41) is 2.89. The molecule has 1 aromatic rings. The number of benzene rings is 1. The van der Waals surface area contributed by atoms with E-state index in [1.165, 1.54) is 0 Å². The summed E-state index contributed by atoms with van der Waals surface area (Å²) in [5.41, 5.74) is 7.79. The molecule has 0 saturated carbocycles. The van der Waals surface area contributed by atoms with Gasteiger partial charge in [-0.25, -0.2) is 0 Å². The lowest BCUT2D eigenvalue weighted by Crippen LogP contribution is -2.34. The summed E-state index contributed by atoms with van der Waals surface area (Å²) in [5.74, 6) is 2.40. The molecule has 1 amide bonds. The SMILES string of the molecule is C#CCC(CC)NC(=O)c1cc(C)ccc1N. The minimum atomic E-state index is -0.159. The zero-order valence-corrected chi connectivity index (χ0v) is 10.3. The lowest BCUT2D eigenvalue weighted by Gasteiger charge is -2.15. The lowest BCUT2D eigenvalue weighted by molar-refractivity contribution is 0.0937. The van der Waals surface area contributed by atoms with E-state index in [1.807, 2.05) is 19.9 Å². The normalized spacial score (nSPS) is 11.6. The van der Waals surface area contributed by atoms with Crippen LogP contribution in [0.3, 0.4) is 0 Å². The molecule has 0 aliphatic carbocycles. The Kier molecular flexibility index (Phi) is 4.59. The number of nitrogens with two attached hydrogens (primary N) is 1. The topological polar surface area (TPSA) is 55.1 Å². The average Bonchev–Trinajstić information content (AvgIpc) is 2.31. The molecule has 0 spiro atoms. The fourth-order valence-corrected chi connectivity index (χ4v) is 1.57. The van der Waals surface area contributed by atoms with Crippen molar-refractivity contribution in [2.75, 3.05) is 5.73 Å². The second kappa shape index (κ2) is 5.95.